The number of nitrogens with zero attached hydrogens (tertiary/aromatic N) is 1. The van der Waals surface area contributed by atoms with Crippen LogP contribution in [0.1, 0.15) is 59.6 Å². The molecule has 1 amide bonds. The van der Waals surface area contributed by atoms with E-state index in [1.54, 1.807) is 7.05 Å². The molecule has 0 saturated heterocycles. The van der Waals surface area contributed by atoms with Gasteiger partial charge in [-0.05, 0) is 59.6 Å². The van der Waals surface area contributed by atoms with Crippen LogP contribution < -0.4 is 16.0 Å². The number of rotatable bonds is 8. The van der Waals surface area contributed by atoms with Crippen LogP contribution in [0.2, 0.25) is 0 Å². The van der Waals surface area contributed by atoms with E-state index >= 15 is 0 Å². The van der Waals surface area contributed by atoms with Crippen molar-refractivity contribution >= 4 is 36.0 Å². The van der Waals surface area contributed by atoms with Crippen molar-refractivity contribution in [2.24, 2.45) is 4.99 Å². The molecule has 0 atom stereocenters. The molecule has 0 saturated carbocycles. The number of ether oxygens (including phenoxy) is 2. The van der Waals surface area contributed by atoms with Crippen molar-refractivity contribution in [2.45, 2.75) is 78.9 Å². The minimum Gasteiger partial charge on any atom is -0.444 e. The molecule has 8 heteroatoms. The van der Waals surface area contributed by atoms with Crippen molar-refractivity contribution in [2.75, 3.05) is 13.6 Å². The SMILES string of the molecule is CN=C(NCc1cccc(COC(C)C)c1)NCC(C)(C)NC(=O)OC(C)(C)C.I. The van der Waals surface area contributed by atoms with Crippen LogP contribution in [-0.4, -0.2) is 42.9 Å². The number of amides is 1. The highest BCUT2D eigenvalue weighted by Crippen LogP contribution is 2.10. The molecule has 0 aliphatic heterocycles. The fourth-order valence-corrected chi connectivity index (χ4v) is 2.43. The van der Waals surface area contributed by atoms with Crippen molar-refractivity contribution in [3.05, 3.63) is 35.4 Å². The van der Waals surface area contributed by atoms with Gasteiger partial charge in [-0.1, -0.05) is 24.3 Å². The van der Waals surface area contributed by atoms with Gasteiger partial charge in [-0.2, -0.15) is 0 Å². The van der Waals surface area contributed by atoms with Gasteiger partial charge in [0, 0.05) is 20.1 Å². The number of halogens is 1. The molecule has 1 aromatic rings. The molecule has 3 N–H and O–H groups in total. The zero-order valence-corrected chi connectivity index (χ0v) is 21.9. The zero-order chi connectivity index (χ0) is 22.1. The third-order valence-electron chi connectivity index (χ3n) is 3.80. The third kappa shape index (κ3) is 12.9. The van der Waals surface area contributed by atoms with Gasteiger partial charge < -0.3 is 25.4 Å². The standard InChI is InChI=1S/C22H38N4O3.HI/c1-16(2)28-14-18-11-9-10-17(12-18)13-24-19(23-8)25-15-22(6,7)26-20(27)29-21(3,4)5;/h9-12,16H,13-15H2,1-8H3,(H,26,27)(H2,23,24,25);1H. The maximum Gasteiger partial charge on any atom is 0.408 e. The Balaban J connectivity index is 0.00000841. The number of hydrogen-bond acceptors (Lipinski definition) is 4. The topological polar surface area (TPSA) is 84.0 Å². The van der Waals surface area contributed by atoms with E-state index in [-0.39, 0.29) is 30.1 Å². The summed E-state index contributed by atoms with van der Waals surface area (Å²) in [5.41, 5.74) is 1.25. The number of hydrogen-bond donors (Lipinski definition) is 3. The first-order chi connectivity index (χ1) is 13.4. The summed E-state index contributed by atoms with van der Waals surface area (Å²) in [6.45, 7) is 15.2. The Hall–Kier alpha value is -1.55. The first-order valence-corrected chi connectivity index (χ1v) is 10.1. The van der Waals surface area contributed by atoms with E-state index in [2.05, 4.69) is 39.1 Å². The van der Waals surface area contributed by atoms with Crippen LogP contribution in [0.3, 0.4) is 0 Å². The normalized spacial score (nSPS) is 12.2. The molecule has 172 valence electrons. The van der Waals surface area contributed by atoms with Gasteiger partial charge in [0.05, 0.1) is 18.2 Å². The molecule has 0 spiro atoms. The second kappa shape index (κ2) is 13.0. The average Bonchev–Trinajstić information content (AvgIpc) is 2.58. The van der Waals surface area contributed by atoms with Crippen LogP contribution in [0, 0.1) is 0 Å². The van der Waals surface area contributed by atoms with E-state index in [0.717, 1.165) is 11.1 Å². The number of carbonyl (C=O) groups is 1. The number of guanidine groups is 1. The van der Waals surface area contributed by atoms with Gasteiger partial charge in [0.15, 0.2) is 5.96 Å². The molecule has 0 fully saturated rings. The summed E-state index contributed by atoms with van der Waals surface area (Å²) in [5, 5.41) is 9.42. The lowest BCUT2D eigenvalue weighted by Gasteiger charge is -2.29. The predicted octanol–water partition coefficient (Wildman–Crippen LogP) is 4.20. The fourth-order valence-electron chi connectivity index (χ4n) is 2.43. The molecule has 0 aliphatic rings. The van der Waals surface area contributed by atoms with Gasteiger partial charge in [0.2, 0.25) is 0 Å². The molecule has 0 aliphatic carbocycles. The third-order valence-corrected chi connectivity index (χ3v) is 3.80. The fraction of sp³-hybridized carbons (Fsp3) is 0.636. The van der Waals surface area contributed by atoms with Crippen LogP contribution in [0.5, 0.6) is 0 Å². The summed E-state index contributed by atoms with van der Waals surface area (Å²) >= 11 is 0. The maximum atomic E-state index is 12.0. The van der Waals surface area contributed by atoms with E-state index in [1.165, 1.54) is 0 Å². The predicted molar refractivity (Wildman–Crippen MR) is 133 cm³/mol. The van der Waals surface area contributed by atoms with Crippen molar-refractivity contribution in [3.8, 4) is 0 Å². The van der Waals surface area contributed by atoms with Crippen LogP contribution in [0.25, 0.3) is 0 Å². The quantitative estimate of drug-likeness (QED) is 0.265. The Morgan fingerprint density at radius 3 is 2.30 bits per heavy atom. The van der Waals surface area contributed by atoms with E-state index in [1.807, 2.05) is 54.5 Å². The zero-order valence-electron chi connectivity index (χ0n) is 19.6. The van der Waals surface area contributed by atoms with E-state index < -0.39 is 17.2 Å². The number of aliphatic imine (C=N–C) groups is 1. The van der Waals surface area contributed by atoms with Crippen LogP contribution >= 0.6 is 24.0 Å². The van der Waals surface area contributed by atoms with Crippen molar-refractivity contribution in [3.63, 3.8) is 0 Å². The number of nitrogens with one attached hydrogen (secondary N) is 3. The summed E-state index contributed by atoms with van der Waals surface area (Å²) < 4.78 is 11.0. The molecule has 0 aromatic heterocycles. The molecule has 1 aromatic carbocycles. The van der Waals surface area contributed by atoms with Gasteiger partial charge in [0.25, 0.3) is 0 Å². The van der Waals surface area contributed by atoms with E-state index in [9.17, 15) is 4.79 Å². The highest BCUT2D eigenvalue weighted by atomic mass is 127. The van der Waals surface area contributed by atoms with Gasteiger partial charge in [-0.15, -0.1) is 24.0 Å². The minimum atomic E-state index is -0.528. The molecule has 0 radical (unpaired) electrons. The molecule has 30 heavy (non-hydrogen) atoms. The van der Waals surface area contributed by atoms with Crippen molar-refractivity contribution in [1.82, 2.24) is 16.0 Å². The second-order valence-corrected chi connectivity index (χ2v) is 8.97. The first-order valence-electron chi connectivity index (χ1n) is 10.1. The maximum absolute atomic E-state index is 12.0. The Morgan fingerprint density at radius 2 is 1.73 bits per heavy atom. The summed E-state index contributed by atoms with van der Waals surface area (Å²) in [6.07, 6.45) is -0.231. The Labute approximate surface area is 198 Å². The number of carbonyl (C=O) groups excluding carboxylic acids is 1. The van der Waals surface area contributed by atoms with Crippen LogP contribution in [0.15, 0.2) is 29.3 Å². The molecular formula is C22H39IN4O3. The molecule has 0 bridgehead atoms. The Morgan fingerprint density at radius 1 is 1.10 bits per heavy atom. The lowest BCUT2D eigenvalue weighted by Crippen LogP contribution is -2.54. The summed E-state index contributed by atoms with van der Waals surface area (Å²) in [5.74, 6) is 0.660. The molecular weight excluding hydrogens is 495 g/mol. The first kappa shape index (κ1) is 28.5. The monoisotopic (exact) mass is 534 g/mol. The number of alkyl carbamates (subject to hydrolysis) is 1. The summed E-state index contributed by atoms with van der Waals surface area (Å²) in [4.78, 5) is 16.3. The van der Waals surface area contributed by atoms with Gasteiger partial charge in [-0.25, -0.2) is 4.79 Å². The summed E-state index contributed by atoms with van der Waals surface area (Å²) in [6, 6.07) is 8.27. The van der Waals surface area contributed by atoms with E-state index in [4.69, 9.17) is 9.47 Å². The van der Waals surface area contributed by atoms with E-state index in [0.29, 0.717) is 25.7 Å². The smallest absolute Gasteiger partial charge is 0.408 e. The Kier molecular flexibility index (Phi) is 12.3. The molecule has 7 nitrogen and oxygen atoms in total. The molecule has 0 unspecified atom stereocenters. The van der Waals surface area contributed by atoms with Gasteiger partial charge >= 0.3 is 6.09 Å². The molecule has 0 heterocycles. The van der Waals surface area contributed by atoms with Crippen molar-refractivity contribution in [1.29, 1.82) is 0 Å². The highest BCUT2D eigenvalue weighted by molar-refractivity contribution is 14.0. The lowest BCUT2D eigenvalue weighted by molar-refractivity contribution is 0.0474. The van der Waals surface area contributed by atoms with Crippen LogP contribution in [0.4, 0.5) is 4.79 Å². The average molecular weight is 534 g/mol. The second-order valence-electron chi connectivity index (χ2n) is 8.97. The summed E-state index contributed by atoms with van der Waals surface area (Å²) in [7, 11) is 1.72. The van der Waals surface area contributed by atoms with Crippen molar-refractivity contribution < 1.29 is 14.3 Å². The largest absolute Gasteiger partial charge is 0.444 e. The highest BCUT2D eigenvalue weighted by Gasteiger charge is 2.24. The molecule has 1 rings (SSSR count). The number of benzene rings is 1. The van der Waals surface area contributed by atoms with Crippen LogP contribution in [-0.2, 0) is 22.6 Å². The van der Waals surface area contributed by atoms with Gasteiger partial charge in [-0.3, -0.25) is 4.99 Å². The minimum absolute atomic E-state index is 0. The van der Waals surface area contributed by atoms with Gasteiger partial charge in [0.1, 0.15) is 5.60 Å². The Bertz CT molecular complexity index is 685. The lowest BCUT2D eigenvalue weighted by atomic mass is 10.1.